The fourth-order valence-electron chi connectivity index (χ4n) is 4.16. The predicted octanol–water partition coefficient (Wildman–Crippen LogP) is 8.22. The van der Waals surface area contributed by atoms with Crippen LogP contribution < -0.4 is 44.6 Å². The number of benzene rings is 4. The number of carbonyl (C=O) groups excluding carboxylic acids is 3. The second kappa shape index (κ2) is 20.6. The van der Waals surface area contributed by atoms with Gasteiger partial charge in [-0.1, -0.05) is 0 Å². The fourth-order valence-corrected chi connectivity index (χ4v) is 4.94. The molecule has 3 aromatic heterocycles. The maximum atomic E-state index is 11.7. The topological polar surface area (TPSA) is 287 Å². The molecule has 292 valence electrons. The summed E-state index contributed by atoms with van der Waals surface area (Å²) in [4.78, 5) is 44.6. The van der Waals surface area contributed by atoms with Crippen molar-refractivity contribution in [2.24, 2.45) is 0 Å². The lowest BCUT2D eigenvalue weighted by atomic mass is 10.2. The zero-order valence-corrected chi connectivity index (χ0v) is 31.3. The van der Waals surface area contributed by atoms with Gasteiger partial charge in [0.15, 0.2) is 16.7 Å². The van der Waals surface area contributed by atoms with Gasteiger partial charge >= 0.3 is 5.88 Å². The number of nitrogen functional groups attached to an aromatic ring is 5. The Morgan fingerprint density at radius 1 is 0.526 bits per heavy atom. The van der Waals surface area contributed by atoms with E-state index in [9.17, 15) is 24.5 Å². The third-order valence-corrected chi connectivity index (χ3v) is 7.90. The number of carbonyl (C=O) groups is 3. The third-order valence-electron chi connectivity index (χ3n) is 7.02. The van der Waals surface area contributed by atoms with Crippen LogP contribution in [0.25, 0.3) is 0 Å². The van der Waals surface area contributed by atoms with Crippen molar-refractivity contribution in [2.75, 3.05) is 44.6 Å². The molecule has 0 saturated heterocycles. The summed E-state index contributed by atoms with van der Waals surface area (Å²) in [6, 6.07) is 34.6. The maximum absolute atomic E-state index is 11.7. The number of nitro groups is 1. The molecule has 0 bridgehead atoms. The van der Waals surface area contributed by atoms with Gasteiger partial charge < -0.3 is 53.5 Å². The second-order valence-corrected chi connectivity index (χ2v) is 12.6. The number of anilines is 8. The summed E-state index contributed by atoms with van der Waals surface area (Å²) in [5.41, 5.74) is 33.3. The molecule has 0 radical (unpaired) electrons. The number of nitrogens with one attached hydrogen (secondary N) is 3. The Morgan fingerprint density at radius 3 is 1.23 bits per heavy atom. The molecule has 57 heavy (non-hydrogen) atoms. The molecule has 0 unspecified atom stereocenters. The van der Waals surface area contributed by atoms with Gasteiger partial charge in [0.1, 0.15) is 4.92 Å². The molecule has 0 aliphatic heterocycles. The van der Waals surface area contributed by atoms with E-state index >= 15 is 0 Å². The first-order chi connectivity index (χ1) is 27.2. The monoisotopic (exact) mass is 809 g/mol. The van der Waals surface area contributed by atoms with Crippen LogP contribution in [-0.4, -0.2) is 22.6 Å². The summed E-state index contributed by atoms with van der Waals surface area (Å²) in [6.45, 7) is 0. The largest absolute Gasteiger partial charge is 0.440 e. The van der Waals surface area contributed by atoms with E-state index in [4.69, 9.17) is 49.1 Å². The summed E-state index contributed by atoms with van der Waals surface area (Å²) in [5, 5.41) is 22.2. The van der Waals surface area contributed by atoms with Crippen LogP contribution >= 0.6 is 22.9 Å². The molecule has 0 aliphatic carbocycles. The molecule has 0 saturated carbocycles. The van der Waals surface area contributed by atoms with Gasteiger partial charge in [-0.25, -0.2) is 0 Å². The number of hydrogen-bond donors (Lipinski definition) is 8. The number of furan rings is 2. The highest BCUT2D eigenvalue weighted by Crippen LogP contribution is 2.19. The normalized spacial score (nSPS) is 9.84. The van der Waals surface area contributed by atoms with Crippen molar-refractivity contribution < 1.29 is 28.1 Å². The number of rotatable bonds is 7. The van der Waals surface area contributed by atoms with Crippen molar-refractivity contribution in [3.8, 4) is 0 Å². The maximum Gasteiger partial charge on any atom is 0.433 e. The molecule has 0 spiro atoms. The summed E-state index contributed by atoms with van der Waals surface area (Å²) in [7, 11) is 0. The van der Waals surface area contributed by atoms with E-state index in [0.717, 1.165) is 23.1 Å². The van der Waals surface area contributed by atoms with Gasteiger partial charge in [-0.15, -0.1) is 0 Å². The van der Waals surface area contributed by atoms with Gasteiger partial charge in [0.05, 0.1) is 11.6 Å². The van der Waals surface area contributed by atoms with Crippen molar-refractivity contribution in [1.29, 1.82) is 0 Å². The molecule has 7 aromatic rings. The van der Waals surface area contributed by atoms with Crippen LogP contribution in [0.5, 0.6) is 0 Å². The van der Waals surface area contributed by atoms with Crippen LogP contribution in [0.4, 0.5) is 51.4 Å². The molecular formula is C39H36ClN9O7S. The summed E-state index contributed by atoms with van der Waals surface area (Å²) >= 11 is 7.07. The smallest absolute Gasteiger partial charge is 0.433 e. The number of nitrogens with two attached hydrogens (primary N) is 5. The van der Waals surface area contributed by atoms with E-state index in [0.29, 0.717) is 34.0 Å². The van der Waals surface area contributed by atoms with Crippen molar-refractivity contribution in [3.05, 3.63) is 171 Å². The van der Waals surface area contributed by atoms with Crippen molar-refractivity contribution in [3.63, 3.8) is 0 Å². The molecule has 7 rings (SSSR count). The highest BCUT2D eigenvalue weighted by Gasteiger charge is 2.17. The lowest BCUT2D eigenvalue weighted by Gasteiger charge is -2.03. The highest BCUT2D eigenvalue weighted by atomic mass is 35.5. The minimum Gasteiger partial charge on any atom is -0.440 e. The molecule has 0 fully saturated rings. The molecule has 3 amide bonds. The average Bonchev–Trinajstić information content (AvgIpc) is 4.00. The van der Waals surface area contributed by atoms with Crippen LogP contribution in [0, 0.1) is 10.1 Å². The van der Waals surface area contributed by atoms with Crippen LogP contribution in [0.2, 0.25) is 5.22 Å². The van der Waals surface area contributed by atoms with Gasteiger partial charge in [-0.2, -0.15) is 11.3 Å². The van der Waals surface area contributed by atoms with Gasteiger partial charge in [0, 0.05) is 50.9 Å². The first-order valence-electron chi connectivity index (χ1n) is 16.4. The van der Waals surface area contributed by atoms with E-state index in [1.807, 2.05) is 10.8 Å². The van der Waals surface area contributed by atoms with Gasteiger partial charge in [0.2, 0.25) is 0 Å². The lowest BCUT2D eigenvalue weighted by molar-refractivity contribution is -0.402. The van der Waals surface area contributed by atoms with Gasteiger partial charge in [-0.3, -0.25) is 24.5 Å². The molecule has 18 heteroatoms. The molecule has 0 aliphatic rings. The molecule has 16 nitrogen and oxygen atoms in total. The Balaban J connectivity index is 0.000000174. The van der Waals surface area contributed by atoms with Crippen LogP contribution in [0.15, 0.2) is 147 Å². The van der Waals surface area contributed by atoms with Crippen LogP contribution in [0.1, 0.15) is 31.5 Å². The number of thiophene rings is 1. The minimum atomic E-state index is -0.708. The van der Waals surface area contributed by atoms with E-state index in [1.165, 1.54) is 29.5 Å². The Kier molecular flexibility index (Phi) is 15.2. The molecule has 3 heterocycles. The van der Waals surface area contributed by atoms with E-state index in [1.54, 1.807) is 103 Å². The van der Waals surface area contributed by atoms with Gasteiger partial charge in [-0.05, 0) is 138 Å². The molecular weight excluding hydrogens is 774 g/mol. The van der Waals surface area contributed by atoms with E-state index < -0.39 is 16.7 Å². The minimum absolute atomic E-state index is 0.0963. The van der Waals surface area contributed by atoms with Gasteiger partial charge in [0.25, 0.3) is 17.7 Å². The fraction of sp³-hybridized carbons (Fsp3) is 0. The zero-order chi connectivity index (χ0) is 41.3. The van der Waals surface area contributed by atoms with Crippen molar-refractivity contribution in [1.82, 2.24) is 0 Å². The third kappa shape index (κ3) is 14.2. The quantitative estimate of drug-likeness (QED) is 0.0429. The highest BCUT2D eigenvalue weighted by molar-refractivity contribution is 7.08. The van der Waals surface area contributed by atoms with Crippen molar-refractivity contribution in [2.45, 2.75) is 0 Å². The van der Waals surface area contributed by atoms with Crippen LogP contribution in [-0.2, 0) is 0 Å². The van der Waals surface area contributed by atoms with Crippen molar-refractivity contribution >= 4 is 92.0 Å². The SMILES string of the molecule is Nc1ccc(N)cc1.Nc1ccc(NC(=O)c2ccc(Cl)o2)cc1.Nc1ccc(NC(=O)c2ccc([N+](=O)[O-])o2)cc1.Nc1ccc(NC(=O)c2ccsc2)cc1. The first kappa shape index (κ1) is 42.0. The first-order valence-corrected chi connectivity index (χ1v) is 17.7. The predicted molar refractivity (Wildman–Crippen MR) is 225 cm³/mol. The van der Waals surface area contributed by atoms with Crippen LogP contribution in [0.3, 0.4) is 0 Å². The number of halogens is 1. The Bertz CT molecular complexity index is 2340. The standard InChI is InChI=1S/C11H9ClN2O2.C11H9N3O4.C11H10N2OS.C6H8N2/c12-10-6-5-9(16-10)11(15)14-8-3-1-7(13)2-4-8;12-7-1-3-8(4-2-7)13-11(15)9-5-6-10(18-9)14(16)17;12-9-1-3-10(4-2-9)13-11(14)8-5-6-15-7-8;7-5-1-2-6(8)4-3-5/h1-6H,13H2,(H,14,15);1-6H,12H2,(H,13,15);1-7H,12H2,(H,13,14);1-4H,7-8H2. The average molecular weight is 810 g/mol. The Morgan fingerprint density at radius 2 is 0.895 bits per heavy atom. The Hall–Kier alpha value is -7.76. The van der Waals surface area contributed by atoms with E-state index in [2.05, 4.69) is 16.0 Å². The number of nitrogens with zero attached hydrogens (tertiary/aromatic N) is 1. The summed E-state index contributed by atoms with van der Waals surface area (Å²) in [5.74, 6) is -1.44. The molecule has 4 aromatic carbocycles. The Labute approximate surface area is 334 Å². The molecule has 0 atom stereocenters. The zero-order valence-electron chi connectivity index (χ0n) is 29.8. The number of amides is 3. The lowest BCUT2D eigenvalue weighted by Crippen LogP contribution is -2.10. The molecule has 13 N–H and O–H groups in total. The number of hydrogen-bond acceptors (Lipinski definition) is 13. The summed E-state index contributed by atoms with van der Waals surface area (Å²) in [6.07, 6.45) is 0. The summed E-state index contributed by atoms with van der Waals surface area (Å²) < 4.78 is 9.74. The second-order valence-electron chi connectivity index (χ2n) is 11.4. The van der Waals surface area contributed by atoms with E-state index in [-0.39, 0.29) is 28.6 Å².